The largest absolute Gasteiger partial charge is 0.489 e. The van der Waals surface area contributed by atoms with Gasteiger partial charge in [0.15, 0.2) is 0 Å². The van der Waals surface area contributed by atoms with E-state index in [4.69, 9.17) is 9.47 Å². The Hall–Kier alpha value is -3.20. The molecule has 3 aromatic carbocycles. The summed E-state index contributed by atoms with van der Waals surface area (Å²) in [6.07, 6.45) is 0.185. The third kappa shape index (κ3) is 6.97. The van der Waals surface area contributed by atoms with Crippen LogP contribution >= 0.6 is 0 Å². The van der Waals surface area contributed by atoms with E-state index in [1.54, 1.807) is 16.4 Å². The number of carbonyl (C=O) groups excluding carboxylic acids is 1. The lowest BCUT2D eigenvalue weighted by Gasteiger charge is -2.34. The second kappa shape index (κ2) is 11.9. The molecular weight excluding hydrogens is 488 g/mol. The van der Waals surface area contributed by atoms with E-state index in [0.717, 1.165) is 28.0 Å². The number of sulfonamides is 1. The van der Waals surface area contributed by atoms with Gasteiger partial charge in [0, 0.05) is 38.3 Å². The lowest BCUT2D eigenvalue weighted by Crippen LogP contribution is -2.48. The number of piperazine rings is 1. The van der Waals surface area contributed by atoms with Crippen molar-refractivity contribution in [3.05, 3.63) is 94.5 Å². The first-order chi connectivity index (χ1) is 17.7. The zero-order valence-corrected chi connectivity index (χ0v) is 22.5. The van der Waals surface area contributed by atoms with Crippen LogP contribution in [0.15, 0.2) is 71.6 Å². The maximum absolute atomic E-state index is 13.1. The van der Waals surface area contributed by atoms with Gasteiger partial charge in [-0.05, 0) is 43.2 Å². The zero-order chi connectivity index (χ0) is 26.4. The zero-order valence-electron chi connectivity index (χ0n) is 21.6. The number of aryl methyl sites for hydroxylation is 2. The van der Waals surface area contributed by atoms with Gasteiger partial charge >= 0.3 is 5.97 Å². The highest BCUT2D eigenvalue weighted by Crippen LogP contribution is 2.25. The third-order valence-corrected chi connectivity index (χ3v) is 8.51. The van der Waals surface area contributed by atoms with Gasteiger partial charge in [-0.1, -0.05) is 59.7 Å². The molecule has 1 heterocycles. The SMILES string of the molecule is COC(=O)Cc1ccc(OCc2ccc(C)cc2)c(CN2CCN(S(=O)(=O)c3ccc(C)cc3)CC2)c1. The van der Waals surface area contributed by atoms with Gasteiger partial charge < -0.3 is 9.47 Å². The lowest BCUT2D eigenvalue weighted by molar-refractivity contribution is -0.139. The van der Waals surface area contributed by atoms with E-state index in [9.17, 15) is 13.2 Å². The van der Waals surface area contributed by atoms with Crippen LogP contribution in [-0.4, -0.2) is 56.9 Å². The number of rotatable bonds is 9. The summed E-state index contributed by atoms with van der Waals surface area (Å²) in [4.78, 5) is 14.4. The van der Waals surface area contributed by atoms with Gasteiger partial charge in [-0.15, -0.1) is 0 Å². The molecule has 0 bridgehead atoms. The Morgan fingerprint density at radius 3 is 2.05 bits per heavy atom. The van der Waals surface area contributed by atoms with Gasteiger partial charge in [-0.25, -0.2) is 8.42 Å². The molecule has 1 aliphatic rings. The Labute approximate surface area is 219 Å². The van der Waals surface area contributed by atoms with E-state index < -0.39 is 10.0 Å². The Balaban J connectivity index is 1.45. The van der Waals surface area contributed by atoms with Crippen molar-refractivity contribution in [2.24, 2.45) is 0 Å². The highest BCUT2D eigenvalue weighted by Gasteiger charge is 2.28. The number of nitrogens with zero attached hydrogens (tertiary/aromatic N) is 2. The van der Waals surface area contributed by atoms with Crippen molar-refractivity contribution in [1.82, 2.24) is 9.21 Å². The Bertz CT molecular complexity index is 1310. The fraction of sp³-hybridized carbons (Fsp3) is 0.345. The molecule has 1 saturated heterocycles. The van der Waals surface area contributed by atoms with Crippen LogP contribution in [0.2, 0.25) is 0 Å². The van der Waals surface area contributed by atoms with Crippen LogP contribution in [0.25, 0.3) is 0 Å². The predicted octanol–water partition coefficient (Wildman–Crippen LogP) is 4.10. The first-order valence-electron chi connectivity index (χ1n) is 12.4. The highest BCUT2D eigenvalue weighted by molar-refractivity contribution is 7.89. The first kappa shape index (κ1) is 26.9. The molecular formula is C29H34N2O5S. The normalized spacial score (nSPS) is 14.9. The molecule has 1 fully saturated rings. The quantitative estimate of drug-likeness (QED) is 0.394. The summed E-state index contributed by atoms with van der Waals surface area (Å²) in [5, 5.41) is 0. The highest BCUT2D eigenvalue weighted by atomic mass is 32.2. The number of hydrogen-bond acceptors (Lipinski definition) is 6. The molecule has 1 aliphatic heterocycles. The van der Waals surface area contributed by atoms with Crippen LogP contribution in [0.1, 0.15) is 27.8 Å². The summed E-state index contributed by atoms with van der Waals surface area (Å²) >= 11 is 0. The average Bonchev–Trinajstić information content (AvgIpc) is 2.89. The molecule has 196 valence electrons. The smallest absolute Gasteiger partial charge is 0.309 e. The van der Waals surface area contributed by atoms with E-state index in [-0.39, 0.29) is 12.4 Å². The molecule has 0 atom stereocenters. The van der Waals surface area contributed by atoms with Gasteiger partial charge in [0.25, 0.3) is 0 Å². The summed E-state index contributed by atoms with van der Waals surface area (Å²) in [5.74, 6) is 0.457. The maximum atomic E-state index is 13.1. The molecule has 0 N–H and O–H groups in total. The molecule has 4 rings (SSSR count). The molecule has 0 saturated carbocycles. The maximum Gasteiger partial charge on any atom is 0.309 e. The number of ether oxygens (including phenoxy) is 2. The molecule has 37 heavy (non-hydrogen) atoms. The number of methoxy groups -OCH3 is 1. The van der Waals surface area contributed by atoms with Crippen molar-refractivity contribution in [2.45, 2.75) is 38.3 Å². The molecule has 8 heteroatoms. The average molecular weight is 523 g/mol. The van der Waals surface area contributed by atoms with E-state index in [2.05, 4.69) is 24.0 Å². The second-order valence-corrected chi connectivity index (χ2v) is 11.4. The lowest BCUT2D eigenvalue weighted by atomic mass is 10.1. The Morgan fingerprint density at radius 2 is 1.43 bits per heavy atom. The van der Waals surface area contributed by atoms with Crippen molar-refractivity contribution in [2.75, 3.05) is 33.3 Å². The molecule has 0 radical (unpaired) electrons. The van der Waals surface area contributed by atoms with Crippen LogP contribution in [0.5, 0.6) is 5.75 Å². The predicted molar refractivity (Wildman–Crippen MR) is 143 cm³/mol. The van der Waals surface area contributed by atoms with E-state index in [1.165, 1.54) is 12.7 Å². The minimum Gasteiger partial charge on any atom is -0.489 e. The monoisotopic (exact) mass is 522 g/mol. The molecule has 0 unspecified atom stereocenters. The molecule has 0 aliphatic carbocycles. The third-order valence-electron chi connectivity index (χ3n) is 6.60. The van der Waals surface area contributed by atoms with E-state index in [0.29, 0.717) is 44.2 Å². The number of carbonyl (C=O) groups is 1. The number of hydrogen-bond donors (Lipinski definition) is 0. The molecule has 0 spiro atoms. The summed E-state index contributed by atoms with van der Waals surface area (Å²) in [7, 11) is -2.14. The van der Waals surface area contributed by atoms with Crippen molar-refractivity contribution >= 4 is 16.0 Å². The molecule has 0 amide bonds. The molecule has 0 aromatic heterocycles. The first-order valence-corrected chi connectivity index (χ1v) is 13.8. The number of esters is 1. The minimum absolute atomic E-state index is 0.185. The molecule has 3 aromatic rings. The molecule has 7 nitrogen and oxygen atoms in total. The van der Waals surface area contributed by atoms with Gasteiger partial charge in [-0.3, -0.25) is 9.69 Å². The van der Waals surface area contributed by atoms with Gasteiger partial charge in [0.2, 0.25) is 10.0 Å². The van der Waals surface area contributed by atoms with Crippen LogP contribution in [-0.2, 0) is 39.1 Å². The fourth-order valence-corrected chi connectivity index (χ4v) is 5.74. The van der Waals surface area contributed by atoms with E-state index >= 15 is 0 Å². The topological polar surface area (TPSA) is 76.2 Å². The summed E-state index contributed by atoms with van der Waals surface area (Å²) in [6, 6.07) is 21.0. The summed E-state index contributed by atoms with van der Waals surface area (Å²) in [6.45, 7) is 7.05. The minimum atomic E-state index is -3.52. The summed E-state index contributed by atoms with van der Waals surface area (Å²) in [5.41, 5.74) is 5.11. The fourth-order valence-electron chi connectivity index (χ4n) is 4.32. The van der Waals surface area contributed by atoms with Gasteiger partial charge in [0.05, 0.1) is 18.4 Å². The van der Waals surface area contributed by atoms with Gasteiger partial charge in [-0.2, -0.15) is 4.31 Å². The van der Waals surface area contributed by atoms with E-state index in [1.807, 2.05) is 49.4 Å². The van der Waals surface area contributed by atoms with Crippen molar-refractivity contribution in [1.29, 1.82) is 0 Å². The van der Waals surface area contributed by atoms with Crippen LogP contribution in [0.3, 0.4) is 0 Å². The van der Waals surface area contributed by atoms with Crippen molar-refractivity contribution in [3.63, 3.8) is 0 Å². The van der Waals surface area contributed by atoms with Crippen LogP contribution < -0.4 is 4.74 Å². The van der Waals surface area contributed by atoms with Crippen molar-refractivity contribution < 1.29 is 22.7 Å². The second-order valence-electron chi connectivity index (χ2n) is 9.46. The van der Waals surface area contributed by atoms with Crippen molar-refractivity contribution in [3.8, 4) is 5.75 Å². The number of benzene rings is 3. The van der Waals surface area contributed by atoms with Gasteiger partial charge in [0.1, 0.15) is 12.4 Å². The Kier molecular flexibility index (Phi) is 8.63. The van der Waals surface area contributed by atoms with Crippen LogP contribution in [0.4, 0.5) is 0 Å². The summed E-state index contributed by atoms with van der Waals surface area (Å²) < 4.78 is 38.7. The Morgan fingerprint density at radius 1 is 0.838 bits per heavy atom. The van der Waals surface area contributed by atoms with Crippen LogP contribution in [0, 0.1) is 13.8 Å². The standard InChI is InChI=1S/C29H34N2O5S/c1-22-4-8-24(9-5-22)21-36-28-13-10-25(19-29(32)35-3)18-26(28)20-30-14-16-31(17-15-30)37(33,34)27-11-6-23(2)7-12-27/h4-13,18H,14-17,19-21H2,1-3H3.